The molecule has 0 fully saturated rings. The summed E-state index contributed by atoms with van der Waals surface area (Å²) in [5.41, 5.74) is 1.95. The molecule has 9 nitrogen and oxygen atoms in total. The maximum Gasteiger partial charge on any atom is 0.277 e. The fourth-order valence-corrected chi connectivity index (χ4v) is 4.55. The molecule has 3 N–H and O–H groups in total. The summed E-state index contributed by atoms with van der Waals surface area (Å²) in [6.45, 7) is 0. The van der Waals surface area contributed by atoms with Crippen molar-refractivity contribution in [2.24, 2.45) is 0 Å². The van der Waals surface area contributed by atoms with E-state index >= 15 is 0 Å². The van der Waals surface area contributed by atoms with E-state index in [9.17, 15) is 19.7 Å². The summed E-state index contributed by atoms with van der Waals surface area (Å²) in [5, 5.41) is 22.7. The Labute approximate surface area is 215 Å². The van der Waals surface area contributed by atoms with Crippen LogP contribution in [0.15, 0.2) is 90.0 Å². The van der Waals surface area contributed by atoms with Gasteiger partial charge >= 0.3 is 0 Å². The summed E-state index contributed by atoms with van der Waals surface area (Å²) in [5.74, 6) is -1.41. The summed E-state index contributed by atoms with van der Waals surface area (Å²) >= 11 is 6.19. The number of hydrogen-bond donors (Lipinski definition) is 3. The Morgan fingerprint density at radius 1 is 1.05 bits per heavy atom. The van der Waals surface area contributed by atoms with E-state index in [1.54, 1.807) is 30.5 Å². The van der Waals surface area contributed by atoms with Crippen LogP contribution in [0.4, 0.5) is 11.4 Å². The Bertz CT molecular complexity index is 1680. The van der Waals surface area contributed by atoms with Crippen LogP contribution in [0.1, 0.15) is 17.0 Å². The first-order valence-electron chi connectivity index (χ1n) is 11.3. The lowest BCUT2D eigenvalue weighted by Crippen LogP contribution is -2.29. The molecule has 1 amide bonds. The molecular formula is C27H20ClN5O4. The number of nitro benzene ring substituents is 1. The van der Waals surface area contributed by atoms with Crippen molar-refractivity contribution in [3.8, 4) is 11.1 Å². The Kier molecular flexibility index (Phi) is 6.53. The molecule has 0 saturated heterocycles. The molecule has 184 valence electrons. The van der Waals surface area contributed by atoms with Gasteiger partial charge in [0.25, 0.3) is 11.2 Å². The number of carbonyl (C=O) groups excluding carboxylic acids is 1. The van der Waals surface area contributed by atoms with Crippen LogP contribution in [-0.4, -0.2) is 26.0 Å². The maximum absolute atomic E-state index is 13.8. The van der Waals surface area contributed by atoms with Gasteiger partial charge in [-0.3, -0.25) is 24.8 Å². The van der Waals surface area contributed by atoms with Gasteiger partial charge in [-0.25, -0.2) is 0 Å². The number of nitro groups is 1. The van der Waals surface area contributed by atoms with Crippen LogP contribution in [-0.2, 0) is 11.2 Å². The number of anilines is 1. The number of amides is 1. The second-order valence-electron chi connectivity index (χ2n) is 8.46. The van der Waals surface area contributed by atoms with Gasteiger partial charge in [-0.05, 0) is 53.9 Å². The third-order valence-electron chi connectivity index (χ3n) is 6.10. The minimum absolute atomic E-state index is 0.110. The lowest BCUT2D eigenvalue weighted by Gasteiger charge is -2.20. The molecule has 0 radical (unpaired) electrons. The van der Waals surface area contributed by atoms with Crippen LogP contribution in [0.3, 0.4) is 0 Å². The highest BCUT2D eigenvalue weighted by Crippen LogP contribution is 2.37. The van der Waals surface area contributed by atoms with Crippen LogP contribution >= 0.6 is 11.6 Å². The highest BCUT2D eigenvalue weighted by Gasteiger charge is 2.30. The molecular weight excluding hydrogens is 494 g/mol. The first-order chi connectivity index (χ1) is 17.9. The summed E-state index contributed by atoms with van der Waals surface area (Å²) in [6.07, 6.45) is 3.23. The molecule has 0 saturated carbocycles. The van der Waals surface area contributed by atoms with Crippen molar-refractivity contribution in [2.75, 3.05) is 5.32 Å². The zero-order valence-electron chi connectivity index (χ0n) is 19.3. The Balaban J connectivity index is 1.64. The molecule has 3 aromatic carbocycles. The van der Waals surface area contributed by atoms with Gasteiger partial charge in [0.1, 0.15) is 0 Å². The molecule has 5 rings (SSSR count). The van der Waals surface area contributed by atoms with E-state index in [2.05, 4.69) is 20.5 Å². The number of carbonyl (C=O) groups is 1. The molecule has 10 heteroatoms. The molecule has 0 bridgehead atoms. The molecule has 2 aromatic heterocycles. The van der Waals surface area contributed by atoms with Gasteiger partial charge in [0.2, 0.25) is 5.91 Å². The predicted molar refractivity (Wildman–Crippen MR) is 142 cm³/mol. The predicted octanol–water partition coefficient (Wildman–Crippen LogP) is 5.44. The Morgan fingerprint density at radius 3 is 2.65 bits per heavy atom. The molecule has 1 unspecified atom stereocenters. The lowest BCUT2D eigenvalue weighted by molar-refractivity contribution is -0.384. The third kappa shape index (κ3) is 4.98. The first kappa shape index (κ1) is 24.0. The average Bonchev–Trinajstić information content (AvgIpc) is 3.36. The van der Waals surface area contributed by atoms with Gasteiger partial charge in [-0.2, -0.15) is 5.10 Å². The van der Waals surface area contributed by atoms with Gasteiger partial charge < -0.3 is 10.3 Å². The zero-order chi connectivity index (χ0) is 25.9. The molecule has 1 atom stereocenters. The third-order valence-corrected chi connectivity index (χ3v) is 6.34. The van der Waals surface area contributed by atoms with E-state index < -0.39 is 22.3 Å². The summed E-state index contributed by atoms with van der Waals surface area (Å²) in [4.78, 5) is 40.9. The van der Waals surface area contributed by atoms with Gasteiger partial charge in [0.05, 0.1) is 28.1 Å². The average molecular weight is 514 g/mol. The van der Waals surface area contributed by atoms with Crippen LogP contribution in [0.2, 0.25) is 5.02 Å². The van der Waals surface area contributed by atoms with Crippen LogP contribution < -0.4 is 10.9 Å². The number of nitrogens with one attached hydrogen (secondary N) is 3. The molecule has 0 aliphatic rings. The quantitative estimate of drug-likeness (QED) is 0.197. The molecule has 0 aliphatic carbocycles. The van der Waals surface area contributed by atoms with E-state index in [0.717, 1.165) is 16.5 Å². The largest absolute Gasteiger partial charge is 0.329 e. The summed E-state index contributed by atoms with van der Waals surface area (Å²) < 4.78 is 0. The zero-order valence-corrected chi connectivity index (χ0v) is 20.0. The van der Waals surface area contributed by atoms with E-state index in [1.165, 1.54) is 24.4 Å². The number of pyridine rings is 1. The van der Waals surface area contributed by atoms with Gasteiger partial charge in [-0.1, -0.05) is 41.9 Å². The van der Waals surface area contributed by atoms with Crippen molar-refractivity contribution in [2.45, 2.75) is 12.3 Å². The van der Waals surface area contributed by atoms with Crippen molar-refractivity contribution < 1.29 is 9.72 Å². The monoisotopic (exact) mass is 513 g/mol. The van der Waals surface area contributed by atoms with E-state index in [0.29, 0.717) is 5.69 Å². The van der Waals surface area contributed by atoms with Gasteiger partial charge in [0, 0.05) is 33.9 Å². The van der Waals surface area contributed by atoms with E-state index in [4.69, 9.17) is 11.6 Å². The van der Waals surface area contributed by atoms with Crippen molar-refractivity contribution in [1.82, 2.24) is 15.2 Å². The maximum atomic E-state index is 13.8. The van der Waals surface area contributed by atoms with Crippen molar-refractivity contribution >= 4 is 39.8 Å². The van der Waals surface area contributed by atoms with Crippen molar-refractivity contribution in [1.29, 1.82) is 0 Å². The fourth-order valence-electron chi connectivity index (χ4n) is 4.38. The van der Waals surface area contributed by atoms with Gasteiger partial charge in [-0.15, -0.1) is 0 Å². The SMILES string of the molecule is O=C(Nc1ccc2[nH]ncc2c1)C(Cc1ccccc1)c1c(-c2cc(Cl)ccc2[N+](=O)[O-])cc[nH]c1=O. The molecule has 5 aromatic rings. The van der Waals surface area contributed by atoms with Crippen molar-refractivity contribution in [3.05, 3.63) is 122 Å². The minimum Gasteiger partial charge on any atom is -0.329 e. The molecule has 2 heterocycles. The van der Waals surface area contributed by atoms with E-state index in [1.807, 2.05) is 30.3 Å². The number of fused-ring (bicyclic) bond motifs is 1. The smallest absolute Gasteiger partial charge is 0.277 e. The number of aromatic amines is 2. The van der Waals surface area contributed by atoms with Crippen LogP contribution in [0.25, 0.3) is 22.0 Å². The number of hydrogen-bond acceptors (Lipinski definition) is 5. The summed E-state index contributed by atoms with van der Waals surface area (Å²) in [6, 6.07) is 20.2. The van der Waals surface area contributed by atoms with Gasteiger partial charge in [0.15, 0.2) is 0 Å². The molecule has 0 aliphatic heterocycles. The highest BCUT2D eigenvalue weighted by molar-refractivity contribution is 6.31. The normalized spacial score (nSPS) is 11.8. The highest BCUT2D eigenvalue weighted by atomic mass is 35.5. The number of H-pyrrole nitrogens is 2. The van der Waals surface area contributed by atoms with Crippen LogP contribution in [0, 0.1) is 10.1 Å². The van der Waals surface area contributed by atoms with Crippen molar-refractivity contribution in [3.63, 3.8) is 0 Å². The topological polar surface area (TPSA) is 134 Å². The lowest BCUT2D eigenvalue weighted by atomic mass is 9.86. The van der Waals surface area contributed by atoms with E-state index in [-0.39, 0.29) is 33.8 Å². The molecule has 0 spiro atoms. The fraction of sp³-hybridized carbons (Fsp3) is 0.0741. The number of halogens is 1. The Hall–Kier alpha value is -4.76. The van der Waals surface area contributed by atoms with Crippen LogP contribution in [0.5, 0.6) is 0 Å². The first-order valence-corrected chi connectivity index (χ1v) is 11.7. The summed E-state index contributed by atoms with van der Waals surface area (Å²) in [7, 11) is 0. The number of benzene rings is 3. The second-order valence-corrected chi connectivity index (χ2v) is 8.89. The second kappa shape index (κ2) is 10.1. The minimum atomic E-state index is -0.971. The Morgan fingerprint density at radius 2 is 1.86 bits per heavy atom. The number of aromatic nitrogens is 3. The molecule has 37 heavy (non-hydrogen) atoms. The number of rotatable bonds is 7. The number of nitrogens with zero attached hydrogens (tertiary/aromatic N) is 2. The standard InChI is InChI=1S/C27H20ClN5O4/c28-18-6-9-24(33(36)37)21(14-18)20-10-11-29-27(35)25(20)22(12-16-4-2-1-3-5-16)26(34)31-19-7-8-23-17(13-19)15-30-32-23/h1-11,13-15,22H,12H2,(H,29,35)(H,30,32)(H,31,34).